The second-order valence-corrected chi connectivity index (χ2v) is 10.5. The number of rotatable bonds is 6. The fraction of sp³-hybridized carbons (Fsp3) is 0.692. The molecule has 3 fully saturated rings. The van der Waals surface area contributed by atoms with Gasteiger partial charge in [0, 0.05) is 24.8 Å². The lowest BCUT2D eigenvalue weighted by Gasteiger charge is -2.61. The number of hydrogen-bond acceptors (Lipinski definition) is 8. The topological polar surface area (TPSA) is 109 Å². The second kappa shape index (κ2) is 9.19. The SMILES string of the molecule is CCCCOC(=O)[C@@H]1C[C@H](OC(C)=O)C(=O)[C@H]2[C@@]1(C)CC[C@H]1C(=O)O[C@H](c3ccoc3)C[C@]21C. The van der Waals surface area contributed by atoms with Crippen LogP contribution in [0.2, 0.25) is 0 Å². The van der Waals surface area contributed by atoms with Crippen molar-refractivity contribution in [3.63, 3.8) is 0 Å². The van der Waals surface area contributed by atoms with Crippen molar-refractivity contribution in [2.75, 3.05) is 6.61 Å². The summed E-state index contributed by atoms with van der Waals surface area (Å²) in [4.78, 5) is 52.1. The summed E-state index contributed by atoms with van der Waals surface area (Å²) < 4.78 is 22.0. The first kappa shape index (κ1) is 24.5. The van der Waals surface area contributed by atoms with Crippen LogP contribution in [0.15, 0.2) is 23.0 Å². The molecule has 1 aromatic rings. The number of fused-ring (bicyclic) bond motifs is 3. The Kier molecular flexibility index (Phi) is 6.62. The summed E-state index contributed by atoms with van der Waals surface area (Å²) in [6.45, 7) is 7.49. The number of Topliss-reactive ketones (excluding diaryl/α,β-unsaturated/α-hetero) is 1. The molecule has 2 heterocycles. The average molecular weight is 475 g/mol. The van der Waals surface area contributed by atoms with Crippen LogP contribution in [0, 0.1) is 28.6 Å². The molecule has 34 heavy (non-hydrogen) atoms. The number of unbranched alkanes of at least 4 members (excludes halogenated alkanes) is 1. The predicted molar refractivity (Wildman–Crippen MR) is 119 cm³/mol. The van der Waals surface area contributed by atoms with Crippen LogP contribution in [0.1, 0.15) is 77.9 Å². The van der Waals surface area contributed by atoms with Crippen LogP contribution in [-0.4, -0.2) is 36.4 Å². The Morgan fingerprint density at radius 3 is 2.62 bits per heavy atom. The Morgan fingerprint density at radius 1 is 1.21 bits per heavy atom. The Hall–Kier alpha value is -2.64. The lowest BCUT2D eigenvalue weighted by molar-refractivity contribution is -0.210. The zero-order chi connectivity index (χ0) is 24.7. The van der Waals surface area contributed by atoms with Crippen LogP contribution < -0.4 is 0 Å². The number of furan rings is 1. The number of carbonyl (C=O) groups is 4. The van der Waals surface area contributed by atoms with Gasteiger partial charge in [-0.1, -0.05) is 27.2 Å². The van der Waals surface area contributed by atoms with Gasteiger partial charge in [-0.15, -0.1) is 0 Å². The summed E-state index contributed by atoms with van der Waals surface area (Å²) in [5.74, 6) is -3.25. The van der Waals surface area contributed by atoms with Gasteiger partial charge in [-0.25, -0.2) is 0 Å². The maximum Gasteiger partial charge on any atom is 0.310 e. The number of cyclic esters (lactones) is 1. The van der Waals surface area contributed by atoms with Gasteiger partial charge in [-0.3, -0.25) is 19.2 Å². The molecule has 0 N–H and O–H groups in total. The fourth-order valence-electron chi connectivity index (χ4n) is 6.74. The van der Waals surface area contributed by atoms with E-state index < -0.39 is 46.8 Å². The largest absolute Gasteiger partial charge is 0.472 e. The number of carbonyl (C=O) groups excluding carboxylic acids is 4. The van der Waals surface area contributed by atoms with Crippen molar-refractivity contribution in [2.24, 2.45) is 28.6 Å². The van der Waals surface area contributed by atoms with Crippen molar-refractivity contribution >= 4 is 23.7 Å². The molecule has 0 bridgehead atoms. The van der Waals surface area contributed by atoms with Crippen LogP contribution in [0.25, 0.3) is 0 Å². The third-order valence-corrected chi connectivity index (χ3v) is 8.35. The molecule has 0 aromatic carbocycles. The minimum Gasteiger partial charge on any atom is -0.472 e. The van der Waals surface area contributed by atoms with E-state index in [1.165, 1.54) is 13.2 Å². The maximum atomic E-state index is 13.9. The van der Waals surface area contributed by atoms with Crippen molar-refractivity contribution < 1.29 is 37.8 Å². The highest BCUT2D eigenvalue weighted by Crippen LogP contribution is 2.65. The van der Waals surface area contributed by atoms with Gasteiger partial charge in [0.2, 0.25) is 0 Å². The van der Waals surface area contributed by atoms with Gasteiger partial charge in [-0.05, 0) is 42.6 Å². The van der Waals surface area contributed by atoms with Gasteiger partial charge in [0.25, 0.3) is 0 Å². The van der Waals surface area contributed by atoms with Crippen LogP contribution in [0.3, 0.4) is 0 Å². The van der Waals surface area contributed by atoms with Crippen molar-refractivity contribution in [2.45, 2.75) is 78.4 Å². The number of esters is 3. The van der Waals surface area contributed by atoms with Gasteiger partial charge < -0.3 is 18.6 Å². The van der Waals surface area contributed by atoms with E-state index in [1.807, 2.05) is 20.8 Å². The fourth-order valence-corrected chi connectivity index (χ4v) is 6.74. The summed E-state index contributed by atoms with van der Waals surface area (Å²) in [6.07, 6.45) is 4.67. The molecular weight excluding hydrogens is 440 g/mol. The Labute approximate surface area is 199 Å². The van der Waals surface area contributed by atoms with Crippen LogP contribution >= 0.6 is 0 Å². The molecule has 0 amide bonds. The number of ketones is 1. The summed E-state index contributed by atoms with van der Waals surface area (Å²) in [7, 11) is 0. The first-order valence-electron chi connectivity index (χ1n) is 12.2. The zero-order valence-electron chi connectivity index (χ0n) is 20.3. The van der Waals surface area contributed by atoms with E-state index in [9.17, 15) is 19.2 Å². The van der Waals surface area contributed by atoms with Gasteiger partial charge in [-0.2, -0.15) is 0 Å². The molecule has 2 aliphatic carbocycles. The highest BCUT2D eigenvalue weighted by molar-refractivity contribution is 5.93. The highest BCUT2D eigenvalue weighted by atomic mass is 16.6. The maximum absolute atomic E-state index is 13.9. The molecule has 3 aliphatic rings. The van der Waals surface area contributed by atoms with E-state index in [0.717, 1.165) is 18.4 Å². The molecule has 7 atom stereocenters. The first-order valence-corrected chi connectivity index (χ1v) is 12.2. The molecule has 1 aromatic heterocycles. The van der Waals surface area contributed by atoms with Crippen LogP contribution in [-0.2, 0) is 33.4 Å². The Balaban J connectivity index is 1.74. The third kappa shape index (κ3) is 4.05. The summed E-state index contributed by atoms with van der Waals surface area (Å²) >= 11 is 0. The van der Waals surface area contributed by atoms with E-state index in [2.05, 4.69) is 0 Å². The molecule has 8 heteroatoms. The normalized spacial score (nSPS) is 37.2. The minimum atomic E-state index is -1.04. The molecule has 186 valence electrons. The minimum absolute atomic E-state index is 0.104. The molecule has 0 spiro atoms. The average Bonchev–Trinajstić information content (AvgIpc) is 3.29. The Bertz CT molecular complexity index is 952. The van der Waals surface area contributed by atoms with Crippen molar-refractivity contribution in [3.8, 4) is 0 Å². The molecule has 1 aliphatic heterocycles. The predicted octanol–water partition coefficient (Wildman–Crippen LogP) is 4.17. The number of hydrogen-bond donors (Lipinski definition) is 0. The zero-order valence-corrected chi connectivity index (χ0v) is 20.3. The van der Waals surface area contributed by atoms with Gasteiger partial charge in [0.1, 0.15) is 6.10 Å². The summed E-state index contributed by atoms with van der Waals surface area (Å²) in [6, 6.07) is 1.75. The van der Waals surface area contributed by atoms with E-state index in [1.54, 1.807) is 12.3 Å². The molecule has 0 unspecified atom stereocenters. The van der Waals surface area contributed by atoms with Crippen molar-refractivity contribution in [1.29, 1.82) is 0 Å². The standard InChI is InChI=1S/C26H34O8/c1-5-6-10-32-23(29)18-12-19(33-15(2)27)21(28)22-25(18,3)9-7-17-24(30)34-20(13-26(17,22)4)16-8-11-31-14-16/h8,11,14,17-20,22H,5-7,9-10,12-13H2,1-4H3/t17-,18-,19-,20-,22-,25-,26-/m0/s1. The van der Waals surface area contributed by atoms with Crippen molar-refractivity contribution in [1.82, 2.24) is 0 Å². The smallest absolute Gasteiger partial charge is 0.310 e. The van der Waals surface area contributed by atoms with Gasteiger partial charge in [0.05, 0.1) is 31.0 Å². The molecule has 1 saturated heterocycles. The lowest BCUT2D eigenvalue weighted by atomic mass is 9.43. The summed E-state index contributed by atoms with van der Waals surface area (Å²) in [5.41, 5.74) is -0.765. The molecule has 2 saturated carbocycles. The number of ether oxygens (including phenoxy) is 3. The van der Waals surface area contributed by atoms with E-state index in [4.69, 9.17) is 18.6 Å². The molecular formula is C26H34O8. The van der Waals surface area contributed by atoms with E-state index >= 15 is 0 Å². The van der Waals surface area contributed by atoms with E-state index in [-0.39, 0.29) is 24.1 Å². The van der Waals surface area contributed by atoms with Crippen molar-refractivity contribution in [3.05, 3.63) is 24.2 Å². The lowest BCUT2D eigenvalue weighted by Crippen LogP contribution is -2.64. The quantitative estimate of drug-likeness (QED) is 0.343. The molecule has 0 radical (unpaired) electrons. The van der Waals surface area contributed by atoms with Crippen LogP contribution in [0.5, 0.6) is 0 Å². The second-order valence-electron chi connectivity index (χ2n) is 10.5. The first-order chi connectivity index (χ1) is 16.1. The monoisotopic (exact) mass is 474 g/mol. The third-order valence-electron chi connectivity index (χ3n) is 8.35. The highest BCUT2D eigenvalue weighted by Gasteiger charge is 2.67. The van der Waals surface area contributed by atoms with Gasteiger partial charge >= 0.3 is 17.9 Å². The van der Waals surface area contributed by atoms with E-state index in [0.29, 0.717) is 25.9 Å². The van der Waals surface area contributed by atoms with Crippen LogP contribution in [0.4, 0.5) is 0 Å². The Morgan fingerprint density at radius 2 is 1.97 bits per heavy atom. The summed E-state index contributed by atoms with van der Waals surface area (Å²) in [5, 5.41) is 0. The molecule has 4 rings (SSSR count). The molecule has 8 nitrogen and oxygen atoms in total. The van der Waals surface area contributed by atoms with Gasteiger partial charge in [0.15, 0.2) is 11.9 Å².